The maximum absolute atomic E-state index is 8.62. The molecular formula is C10H8N2S2. The van der Waals surface area contributed by atoms with Crippen LogP contribution in [0.25, 0.3) is 9.88 Å². The molecule has 0 N–H and O–H groups in total. The van der Waals surface area contributed by atoms with Gasteiger partial charge in [0, 0.05) is 4.88 Å². The predicted octanol–water partition coefficient (Wildman–Crippen LogP) is 3.25. The first-order chi connectivity index (χ1) is 6.81. The molecule has 0 spiro atoms. The Labute approximate surface area is 90.5 Å². The van der Waals surface area contributed by atoms with Crippen molar-refractivity contribution in [3.8, 4) is 16.0 Å². The van der Waals surface area contributed by atoms with Gasteiger partial charge in [0.15, 0.2) is 0 Å². The van der Waals surface area contributed by atoms with E-state index in [4.69, 9.17) is 5.26 Å². The summed E-state index contributed by atoms with van der Waals surface area (Å²) >= 11 is 3.30. The molecule has 70 valence electrons. The molecule has 0 aromatic carbocycles. The number of nitriles is 1. The molecule has 0 saturated heterocycles. The number of aromatic nitrogens is 1. The van der Waals surface area contributed by atoms with Gasteiger partial charge in [-0.1, -0.05) is 6.07 Å². The molecule has 4 heteroatoms. The Kier molecular flexibility index (Phi) is 2.62. The molecule has 2 aromatic rings. The zero-order valence-corrected chi connectivity index (χ0v) is 9.28. The lowest BCUT2D eigenvalue weighted by molar-refractivity contribution is 1.19. The molecule has 0 amide bonds. The van der Waals surface area contributed by atoms with E-state index in [0.29, 0.717) is 6.42 Å². The lowest BCUT2D eigenvalue weighted by Crippen LogP contribution is -1.79. The quantitative estimate of drug-likeness (QED) is 0.779. The topological polar surface area (TPSA) is 36.7 Å². The van der Waals surface area contributed by atoms with Crippen molar-refractivity contribution in [2.45, 2.75) is 13.3 Å². The second-order valence-electron chi connectivity index (χ2n) is 2.84. The highest BCUT2D eigenvalue weighted by Crippen LogP contribution is 2.30. The van der Waals surface area contributed by atoms with Crippen molar-refractivity contribution >= 4 is 22.7 Å². The molecule has 2 nitrogen and oxygen atoms in total. The van der Waals surface area contributed by atoms with Gasteiger partial charge in [0.2, 0.25) is 0 Å². The highest BCUT2D eigenvalue weighted by Gasteiger charge is 2.09. The van der Waals surface area contributed by atoms with Gasteiger partial charge in [-0.2, -0.15) is 5.26 Å². The minimum atomic E-state index is 0.467. The first-order valence-corrected chi connectivity index (χ1v) is 5.88. The summed E-state index contributed by atoms with van der Waals surface area (Å²) < 4.78 is 0. The second-order valence-corrected chi connectivity index (χ2v) is 4.87. The Balaban J connectivity index is 2.39. The summed E-state index contributed by atoms with van der Waals surface area (Å²) in [5.41, 5.74) is 0.986. The van der Waals surface area contributed by atoms with Crippen LogP contribution in [0.5, 0.6) is 0 Å². The molecule has 0 bridgehead atoms. The van der Waals surface area contributed by atoms with Crippen molar-refractivity contribution in [3.05, 3.63) is 28.1 Å². The molecule has 0 aliphatic carbocycles. The summed E-state index contributed by atoms with van der Waals surface area (Å²) in [5.74, 6) is 0. The van der Waals surface area contributed by atoms with Crippen LogP contribution >= 0.6 is 22.7 Å². The Bertz CT molecular complexity index is 463. The van der Waals surface area contributed by atoms with Crippen molar-refractivity contribution in [2.75, 3.05) is 0 Å². The molecule has 0 aliphatic heterocycles. The summed E-state index contributed by atoms with van der Waals surface area (Å²) in [6.07, 6.45) is 0.467. The highest BCUT2D eigenvalue weighted by molar-refractivity contribution is 7.21. The van der Waals surface area contributed by atoms with Gasteiger partial charge in [-0.3, -0.25) is 0 Å². The van der Waals surface area contributed by atoms with Gasteiger partial charge in [0.1, 0.15) is 5.01 Å². The average Bonchev–Trinajstić information content (AvgIpc) is 2.76. The van der Waals surface area contributed by atoms with Gasteiger partial charge in [-0.05, 0) is 18.4 Å². The molecule has 2 rings (SSSR count). The molecular weight excluding hydrogens is 212 g/mol. The van der Waals surface area contributed by atoms with Crippen LogP contribution in [-0.2, 0) is 6.42 Å². The van der Waals surface area contributed by atoms with Crippen LogP contribution in [0.15, 0.2) is 17.5 Å². The van der Waals surface area contributed by atoms with Crippen LogP contribution in [0.3, 0.4) is 0 Å². The molecule has 2 aromatic heterocycles. The number of aryl methyl sites for hydroxylation is 1. The Morgan fingerprint density at radius 1 is 1.57 bits per heavy atom. The third kappa shape index (κ3) is 1.69. The summed E-state index contributed by atoms with van der Waals surface area (Å²) in [7, 11) is 0. The number of rotatable bonds is 2. The largest absolute Gasteiger partial charge is 0.240 e. The number of thiophene rings is 1. The average molecular weight is 220 g/mol. The number of nitrogens with zero attached hydrogens (tertiary/aromatic N) is 2. The fourth-order valence-corrected chi connectivity index (χ4v) is 2.96. The van der Waals surface area contributed by atoms with Gasteiger partial charge in [-0.15, -0.1) is 22.7 Å². The third-order valence-corrected chi connectivity index (χ3v) is 4.06. The Morgan fingerprint density at radius 3 is 3.07 bits per heavy atom. The van der Waals surface area contributed by atoms with E-state index in [0.717, 1.165) is 15.6 Å². The predicted molar refractivity (Wildman–Crippen MR) is 59.5 cm³/mol. The maximum Gasteiger partial charge on any atom is 0.133 e. The highest BCUT2D eigenvalue weighted by atomic mass is 32.1. The van der Waals surface area contributed by atoms with E-state index in [2.05, 4.69) is 17.1 Å². The molecule has 0 radical (unpaired) electrons. The SMILES string of the molecule is Cc1nc(-c2cccs2)sc1CC#N. The normalized spacial score (nSPS) is 10.0. The van der Waals surface area contributed by atoms with Gasteiger partial charge in [0.05, 0.1) is 23.1 Å². The molecule has 0 unspecified atom stereocenters. The Morgan fingerprint density at radius 2 is 2.43 bits per heavy atom. The van der Waals surface area contributed by atoms with E-state index < -0.39 is 0 Å². The van der Waals surface area contributed by atoms with Crippen molar-refractivity contribution in [3.63, 3.8) is 0 Å². The van der Waals surface area contributed by atoms with Gasteiger partial charge in [-0.25, -0.2) is 4.98 Å². The summed E-state index contributed by atoms with van der Waals surface area (Å²) in [5, 5.41) is 11.7. The van der Waals surface area contributed by atoms with Crippen molar-refractivity contribution in [1.29, 1.82) is 5.26 Å². The fourth-order valence-electron chi connectivity index (χ4n) is 1.17. The van der Waals surface area contributed by atoms with E-state index in [1.807, 2.05) is 18.4 Å². The zero-order chi connectivity index (χ0) is 9.97. The van der Waals surface area contributed by atoms with Crippen LogP contribution in [0.4, 0.5) is 0 Å². The zero-order valence-electron chi connectivity index (χ0n) is 7.65. The standard InChI is InChI=1S/C10H8N2S2/c1-7-8(4-5-11)14-10(12-7)9-3-2-6-13-9/h2-3,6H,4H2,1H3. The molecule has 14 heavy (non-hydrogen) atoms. The van der Waals surface area contributed by atoms with E-state index in [-0.39, 0.29) is 0 Å². The van der Waals surface area contributed by atoms with E-state index in [1.165, 1.54) is 4.88 Å². The fraction of sp³-hybridized carbons (Fsp3) is 0.200. The van der Waals surface area contributed by atoms with Crippen LogP contribution < -0.4 is 0 Å². The summed E-state index contributed by atoms with van der Waals surface area (Å²) in [6.45, 7) is 1.96. The minimum absolute atomic E-state index is 0.467. The van der Waals surface area contributed by atoms with Crippen molar-refractivity contribution < 1.29 is 0 Å². The van der Waals surface area contributed by atoms with Crippen LogP contribution in [0, 0.1) is 18.3 Å². The van der Waals surface area contributed by atoms with E-state index >= 15 is 0 Å². The first kappa shape index (κ1) is 9.38. The minimum Gasteiger partial charge on any atom is -0.240 e. The lowest BCUT2D eigenvalue weighted by Gasteiger charge is -1.84. The Hall–Kier alpha value is -1.18. The van der Waals surface area contributed by atoms with E-state index in [1.54, 1.807) is 22.7 Å². The maximum atomic E-state index is 8.62. The smallest absolute Gasteiger partial charge is 0.133 e. The third-order valence-electron chi connectivity index (χ3n) is 1.86. The lowest BCUT2D eigenvalue weighted by atomic mass is 10.3. The second kappa shape index (κ2) is 3.91. The van der Waals surface area contributed by atoms with Crippen molar-refractivity contribution in [1.82, 2.24) is 4.98 Å². The molecule has 0 atom stereocenters. The van der Waals surface area contributed by atoms with Crippen LogP contribution in [0.1, 0.15) is 10.6 Å². The van der Waals surface area contributed by atoms with Gasteiger partial charge >= 0.3 is 0 Å². The molecule has 0 fully saturated rings. The van der Waals surface area contributed by atoms with E-state index in [9.17, 15) is 0 Å². The van der Waals surface area contributed by atoms with Crippen LogP contribution in [0.2, 0.25) is 0 Å². The number of hydrogen-bond donors (Lipinski definition) is 0. The number of thiazole rings is 1. The first-order valence-electron chi connectivity index (χ1n) is 4.18. The molecule has 0 aliphatic rings. The number of hydrogen-bond acceptors (Lipinski definition) is 4. The molecule has 2 heterocycles. The molecule has 0 saturated carbocycles. The summed E-state index contributed by atoms with van der Waals surface area (Å²) in [4.78, 5) is 6.71. The van der Waals surface area contributed by atoms with Crippen molar-refractivity contribution in [2.24, 2.45) is 0 Å². The van der Waals surface area contributed by atoms with Gasteiger partial charge < -0.3 is 0 Å². The summed E-state index contributed by atoms with van der Waals surface area (Å²) in [6, 6.07) is 6.23. The van der Waals surface area contributed by atoms with Gasteiger partial charge in [0.25, 0.3) is 0 Å². The monoisotopic (exact) mass is 220 g/mol. The van der Waals surface area contributed by atoms with Crippen LogP contribution in [-0.4, -0.2) is 4.98 Å².